The zero-order valence-corrected chi connectivity index (χ0v) is 16.2. The minimum absolute atomic E-state index is 0.232. The number of aryl methyl sites for hydroxylation is 1. The predicted octanol–water partition coefficient (Wildman–Crippen LogP) is 0.204. The van der Waals surface area contributed by atoms with E-state index in [9.17, 15) is 24.9 Å². The van der Waals surface area contributed by atoms with Crippen molar-refractivity contribution < 1.29 is 34.0 Å². The normalized spacial score (nSPS) is 27.0. The summed E-state index contributed by atoms with van der Waals surface area (Å²) >= 11 is 0. The number of ether oxygens (including phenoxy) is 2. The molecule has 4 N–H and O–H groups in total. The van der Waals surface area contributed by atoms with Crippen LogP contribution in [0.2, 0.25) is 0 Å². The lowest BCUT2D eigenvalue weighted by molar-refractivity contribution is -0.244. The third-order valence-electron chi connectivity index (χ3n) is 4.86. The second-order valence-corrected chi connectivity index (χ2v) is 7.07. The van der Waals surface area contributed by atoms with Crippen molar-refractivity contribution in [1.29, 1.82) is 0 Å². The number of carbonyl (C=O) groups excluding carboxylic acids is 1. The maximum atomic E-state index is 12.0. The fourth-order valence-corrected chi connectivity index (χ4v) is 3.33. The van der Waals surface area contributed by atoms with Gasteiger partial charge >= 0.3 is 5.63 Å². The van der Waals surface area contributed by atoms with Crippen molar-refractivity contribution in [2.45, 2.75) is 57.3 Å². The van der Waals surface area contributed by atoms with Crippen molar-refractivity contribution in [2.24, 2.45) is 0 Å². The number of hydrogen-bond donors (Lipinski definition) is 4. The Morgan fingerprint density at radius 3 is 2.69 bits per heavy atom. The highest BCUT2D eigenvalue weighted by Gasteiger charge is 2.46. The number of rotatable bonds is 6. The molecule has 158 valence electrons. The van der Waals surface area contributed by atoms with Crippen LogP contribution >= 0.6 is 0 Å². The van der Waals surface area contributed by atoms with E-state index in [-0.39, 0.29) is 18.1 Å². The quantitative estimate of drug-likeness (QED) is 0.498. The van der Waals surface area contributed by atoms with Crippen LogP contribution in [0.15, 0.2) is 33.5 Å². The fraction of sp³-hybridized carbons (Fsp3) is 0.500. The molecule has 1 saturated heterocycles. The highest BCUT2D eigenvalue weighted by atomic mass is 16.7. The summed E-state index contributed by atoms with van der Waals surface area (Å²) in [6, 6.07) is 5.17. The lowest BCUT2D eigenvalue weighted by atomic mass is 9.96. The predicted molar refractivity (Wildman–Crippen MR) is 102 cm³/mol. The summed E-state index contributed by atoms with van der Waals surface area (Å²) in [6.07, 6.45) is -4.24. The zero-order chi connectivity index (χ0) is 21.1. The molecular weight excluding hydrogens is 382 g/mol. The SMILES string of the molecule is CCCC(=O)N[C@H]1[C@H](Oc2ccc3c(C)cc(=O)oc3c2)O[C@H](CO)[C@@H](O)[C@@H]1O. The average molecular weight is 407 g/mol. The summed E-state index contributed by atoms with van der Waals surface area (Å²) in [5.41, 5.74) is 0.569. The van der Waals surface area contributed by atoms with E-state index in [1.54, 1.807) is 19.1 Å². The van der Waals surface area contributed by atoms with Gasteiger partial charge < -0.3 is 34.5 Å². The molecule has 5 atom stereocenters. The van der Waals surface area contributed by atoms with Gasteiger partial charge in [0.25, 0.3) is 0 Å². The summed E-state index contributed by atoms with van der Waals surface area (Å²) in [5, 5.41) is 33.4. The van der Waals surface area contributed by atoms with E-state index >= 15 is 0 Å². The van der Waals surface area contributed by atoms with Gasteiger partial charge in [0.05, 0.1) is 6.61 Å². The van der Waals surface area contributed by atoms with Crippen LogP contribution in [0.3, 0.4) is 0 Å². The monoisotopic (exact) mass is 407 g/mol. The van der Waals surface area contributed by atoms with Crippen LogP contribution in [-0.4, -0.2) is 58.5 Å². The van der Waals surface area contributed by atoms with Crippen molar-refractivity contribution in [3.63, 3.8) is 0 Å². The van der Waals surface area contributed by atoms with Crippen molar-refractivity contribution in [3.8, 4) is 5.75 Å². The highest BCUT2D eigenvalue weighted by molar-refractivity contribution is 5.81. The molecule has 0 spiro atoms. The smallest absolute Gasteiger partial charge is 0.336 e. The summed E-state index contributed by atoms with van der Waals surface area (Å²) in [4.78, 5) is 23.7. The van der Waals surface area contributed by atoms with Crippen molar-refractivity contribution in [3.05, 3.63) is 40.2 Å². The molecule has 1 aromatic carbocycles. The number of fused-ring (bicyclic) bond motifs is 1. The molecule has 1 amide bonds. The summed E-state index contributed by atoms with van der Waals surface area (Å²) in [7, 11) is 0. The Labute approximate surface area is 166 Å². The molecule has 0 bridgehead atoms. The van der Waals surface area contributed by atoms with Crippen molar-refractivity contribution in [1.82, 2.24) is 5.32 Å². The van der Waals surface area contributed by atoms with E-state index in [0.717, 1.165) is 10.9 Å². The molecule has 0 aliphatic carbocycles. The highest BCUT2D eigenvalue weighted by Crippen LogP contribution is 2.27. The molecule has 3 rings (SSSR count). The first-order chi connectivity index (χ1) is 13.8. The van der Waals surface area contributed by atoms with Gasteiger partial charge in [0.2, 0.25) is 12.2 Å². The van der Waals surface area contributed by atoms with E-state index in [0.29, 0.717) is 12.0 Å². The summed E-state index contributed by atoms with van der Waals surface area (Å²) < 4.78 is 16.6. The summed E-state index contributed by atoms with van der Waals surface area (Å²) in [6.45, 7) is 3.08. The first-order valence-corrected chi connectivity index (χ1v) is 9.47. The van der Waals surface area contributed by atoms with Gasteiger partial charge in [-0.25, -0.2) is 4.79 Å². The van der Waals surface area contributed by atoms with Gasteiger partial charge in [0.15, 0.2) is 0 Å². The second-order valence-electron chi connectivity index (χ2n) is 7.07. The van der Waals surface area contributed by atoms with Gasteiger partial charge in [-0.2, -0.15) is 0 Å². The van der Waals surface area contributed by atoms with Gasteiger partial charge in [0, 0.05) is 23.9 Å². The Morgan fingerprint density at radius 2 is 2.00 bits per heavy atom. The molecule has 1 aliphatic heterocycles. The van der Waals surface area contributed by atoms with E-state index in [4.69, 9.17) is 13.9 Å². The lowest BCUT2D eigenvalue weighted by Crippen LogP contribution is -2.65. The van der Waals surface area contributed by atoms with Gasteiger partial charge in [-0.15, -0.1) is 0 Å². The Balaban J connectivity index is 1.89. The largest absolute Gasteiger partial charge is 0.462 e. The number of hydrogen-bond acceptors (Lipinski definition) is 8. The number of aliphatic hydroxyl groups is 3. The van der Waals surface area contributed by atoms with Gasteiger partial charge in [-0.05, 0) is 31.0 Å². The number of amides is 1. The Hall–Kier alpha value is -2.46. The van der Waals surface area contributed by atoms with Crippen LogP contribution in [0.1, 0.15) is 25.3 Å². The van der Waals surface area contributed by atoms with Crippen LogP contribution < -0.4 is 15.7 Å². The molecule has 9 heteroatoms. The standard InChI is InChI=1S/C20H25NO8/c1-3-4-15(23)21-17-19(26)18(25)14(9-22)29-20(17)27-11-5-6-12-10(2)7-16(24)28-13(12)8-11/h5-8,14,17-20,22,25-26H,3-4,9H2,1-2H3,(H,21,23)/t14-,17-,18-,19-,20-/m1/s1. The third-order valence-corrected chi connectivity index (χ3v) is 4.86. The molecule has 2 heterocycles. The van der Waals surface area contributed by atoms with Crippen molar-refractivity contribution >= 4 is 16.9 Å². The van der Waals surface area contributed by atoms with E-state index < -0.39 is 42.9 Å². The van der Waals surface area contributed by atoms with E-state index in [1.807, 2.05) is 6.92 Å². The van der Waals surface area contributed by atoms with Crippen LogP contribution in [0.5, 0.6) is 5.75 Å². The van der Waals surface area contributed by atoms with Gasteiger partial charge in [-0.1, -0.05) is 6.92 Å². The Morgan fingerprint density at radius 1 is 1.24 bits per heavy atom. The number of nitrogens with one attached hydrogen (secondary N) is 1. The minimum atomic E-state index is -1.41. The number of carbonyl (C=O) groups is 1. The number of benzene rings is 1. The van der Waals surface area contributed by atoms with Gasteiger partial charge in [0.1, 0.15) is 35.7 Å². The lowest BCUT2D eigenvalue weighted by Gasteiger charge is -2.42. The minimum Gasteiger partial charge on any atom is -0.462 e. The molecule has 0 saturated carbocycles. The maximum Gasteiger partial charge on any atom is 0.336 e. The van der Waals surface area contributed by atoms with E-state index in [1.165, 1.54) is 12.1 Å². The average Bonchev–Trinajstić information content (AvgIpc) is 2.67. The molecule has 2 aromatic rings. The maximum absolute atomic E-state index is 12.0. The topological polar surface area (TPSA) is 138 Å². The molecule has 0 unspecified atom stereocenters. The van der Waals surface area contributed by atoms with Crippen LogP contribution in [0.25, 0.3) is 11.0 Å². The molecule has 9 nitrogen and oxygen atoms in total. The molecule has 29 heavy (non-hydrogen) atoms. The third kappa shape index (κ3) is 4.59. The molecule has 0 radical (unpaired) electrons. The molecule has 1 fully saturated rings. The van der Waals surface area contributed by atoms with Crippen LogP contribution in [0.4, 0.5) is 0 Å². The molecular formula is C20H25NO8. The summed E-state index contributed by atoms with van der Waals surface area (Å²) in [5.74, 6) is -0.0604. The Kier molecular flexibility index (Phi) is 6.53. The molecule has 1 aliphatic rings. The molecule has 1 aromatic heterocycles. The zero-order valence-electron chi connectivity index (χ0n) is 16.2. The van der Waals surface area contributed by atoms with Crippen molar-refractivity contribution in [2.75, 3.05) is 6.61 Å². The van der Waals surface area contributed by atoms with Crippen LogP contribution in [-0.2, 0) is 9.53 Å². The van der Waals surface area contributed by atoms with E-state index in [2.05, 4.69) is 5.32 Å². The fourth-order valence-electron chi connectivity index (χ4n) is 3.33. The first-order valence-electron chi connectivity index (χ1n) is 9.47. The second kappa shape index (κ2) is 8.91. The van der Waals surface area contributed by atoms with Gasteiger partial charge in [-0.3, -0.25) is 4.79 Å². The van der Waals surface area contributed by atoms with Crippen LogP contribution in [0, 0.1) is 6.92 Å². The first kappa shape index (κ1) is 21.3. The Bertz CT molecular complexity index is 926. The number of aliphatic hydroxyl groups excluding tert-OH is 3.